The second-order valence-electron chi connectivity index (χ2n) is 7.76. The van der Waals surface area contributed by atoms with Gasteiger partial charge in [0.25, 0.3) is 0 Å². The minimum atomic E-state index is -1.38. The molecule has 7 heteroatoms. The van der Waals surface area contributed by atoms with Crippen LogP contribution in [-0.4, -0.2) is 50.0 Å². The van der Waals surface area contributed by atoms with E-state index in [1.807, 2.05) is 13.8 Å². The van der Waals surface area contributed by atoms with Gasteiger partial charge < -0.3 is 25.2 Å². The Balaban J connectivity index is 2.42. The summed E-state index contributed by atoms with van der Waals surface area (Å²) in [5, 5.41) is 40.0. The third kappa shape index (κ3) is 5.07. The SMILES string of the molecule is CC(C)=CCC(OC(O)CC(C)(C)O)C1=CC(=O)c2c(O)ccc(O)c2C1=O. The Morgan fingerprint density at radius 1 is 1.14 bits per heavy atom. The lowest BCUT2D eigenvalue weighted by Gasteiger charge is -2.28. The summed E-state index contributed by atoms with van der Waals surface area (Å²) in [5.74, 6) is -2.12. The number of benzene rings is 1. The van der Waals surface area contributed by atoms with Crippen LogP contribution in [0.5, 0.6) is 11.5 Å². The average Bonchev–Trinajstić information content (AvgIpc) is 2.55. The van der Waals surface area contributed by atoms with E-state index < -0.39 is 41.1 Å². The highest BCUT2D eigenvalue weighted by Crippen LogP contribution is 2.36. The molecule has 0 fully saturated rings. The van der Waals surface area contributed by atoms with Crippen molar-refractivity contribution in [3.05, 3.63) is 46.6 Å². The number of hydrogen-bond acceptors (Lipinski definition) is 7. The average molecular weight is 390 g/mol. The normalized spacial score (nSPS) is 16.3. The molecule has 28 heavy (non-hydrogen) atoms. The molecule has 0 saturated carbocycles. The number of phenols is 2. The molecule has 0 bridgehead atoms. The Kier molecular flexibility index (Phi) is 6.44. The van der Waals surface area contributed by atoms with E-state index in [4.69, 9.17) is 4.74 Å². The van der Waals surface area contributed by atoms with Crippen LogP contribution >= 0.6 is 0 Å². The lowest BCUT2D eigenvalue weighted by atomic mass is 9.85. The summed E-state index contributed by atoms with van der Waals surface area (Å²) < 4.78 is 5.59. The first-order valence-corrected chi connectivity index (χ1v) is 8.95. The number of fused-ring (bicyclic) bond motifs is 1. The first kappa shape index (κ1) is 21.8. The molecule has 0 spiro atoms. The maximum Gasteiger partial charge on any atom is 0.196 e. The van der Waals surface area contributed by atoms with Gasteiger partial charge in [-0.2, -0.15) is 0 Å². The van der Waals surface area contributed by atoms with Crippen molar-refractivity contribution >= 4 is 11.6 Å². The van der Waals surface area contributed by atoms with Crippen molar-refractivity contribution in [1.82, 2.24) is 0 Å². The van der Waals surface area contributed by atoms with Crippen LogP contribution in [0.1, 0.15) is 61.3 Å². The van der Waals surface area contributed by atoms with Crippen LogP contribution in [-0.2, 0) is 4.74 Å². The molecular weight excluding hydrogens is 364 g/mol. The number of carbonyl (C=O) groups excluding carboxylic acids is 2. The van der Waals surface area contributed by atoms with Crippen LogP contribution in [0, 0.1) is 0 Å². The minimum Gasteiger partial charge on any atom is -0.507 e. The van der Waals surface area contributed by atoms with Gasteiger partial charge in [-0.05, 0) is 52.3 Å². The topological polar surface area (TPSA) is 124 Å². The first-order chi connectivity index (χ1) is 12.9. The largest absolute Gasteiger partial charge is 0.507 e. The fourth-order valence-electron chi connectivity index (χ4n) is 2.99. The van der Waals surface area contributed by atoms with Crippen LogP contribution in [0.25, 0.3) is 0 Å². The number of aliphatic hydroxyl groups excluding tert-OH is 1. The van der Waals surface area contributed by atoms with Gasteiger partial charge in [0.2, 0.25) is 0 Å². The summed E-state index contributed by atoms with van der Waals surface area (Å²) >= 11 is 0. The van der Waals surface area contributed by atoms with E-state index in [-0.39, 0.29) is 29.5 Å². The molecule has 1 aliphatic carbocycles. The van der Waals surface area contributed by atoms with Crippen molar-refractivity contribution < 1.29 is 34.8 Å². The highest BCUT2D eigenvalue weighted by molar-refractivity contribution is 6.27. The van der Waals surface area contributed by atoms with Crippen LogP contribution < -0.4 is 0 Å². The van der Waals surface area contributed by atoms with Gasteiger partial charge in [-0.25, -0.2) is 0 Å². The van der Waals surface area contributed by atoms with Gasteiger partial charge in [0.05, 0.1) is 22.8 Å². The maximum atomic E-state index is 13.0. The van der Waals surface area contributed by atoms with Gasteiger partial charge >= 0.3 is 0 Å². The number of ketones is 2. The van der Waals surface area contributed by atoms with E-state index in [2.05, 4.69) is 0 Å². The molecule has 2 unspecified atom stereocenters. The Bertz CT molecular complexity index is 839. The molecule has 1 aromatic carbocycles. The van der Waals surface area contributed by atoms with Crippen molar-refractivity contribution in [3.8, 4) is 11.5 Å². The standard InChI is InChI=1S/C21H26O7/c1-11(2)5-8-16(28-17(25)10-21(3,4)27)12-9-15(24)18-13(22)6-7-14(23)19(18)20(12)26/h5-7,9,16-17,22-23,25,27H,8,10H2,1-4H3. The van der Waals surface area contributed by atoms with Crippen molar-refractivity contribution in [2.45, 2.75) is 58.5 Å². The zero-order chi connectivity index (χ0) is 21.2. The van der Waals surface area contributed by atoms with E-state index >= 15 is 0 Å². The second-order valence-corrected chi connectivity index (χ2v) is 7.76. The zero-order valence-corrected chi connectivity index (χ0v) is 16.4. The van der Waals surface area contributed by atoms with E-state index in [1.165, 1.54) is 13.8 Å². The van der Waals surface area contributed by atoms with E-state index in [0.29, 0.717) is 0 Å². The molecule has 4 N–H and O–H groups in total. The summed E-state index contributed by atoms with van der Waals surface area (Å²) in [4.78, 5) is 25.5. The van der Waals surface area contributed by atoms with E-state index in [1.54, 1.807) is 6.08 Å². The molecular formula is C21H26O7. The Labute approximate surface area is 163 Å². The van der Waals surface area contributed by atoms with Gasteiger partial charge in [0.1, 0.15) is 11.5 Å². The fraction of sp³-hybridized carbons (Fsp3) is 0.429. The number of allylic oxidation sites excluding steroid dienone is 2. The zero-order valence-electron chi connectivity index (χ0n) is 16.4. The van der Waals surface area contributed by atoms with Gasteiger partial charge in [0, 0.05) is 12.0 Å². The number of ether oxygens (including phenoxy) is 1. The number of aliphatic hydroxyl groups is 2. The van der Waals surface area contributed by atoms with Crippen molar-refractivity contribution in [1.29, 1.82) is 0 Å². The predicted octanol–water partition coefficient (Wildman–Crippen LogP) is 2.62. The number of phenolic OH excluding ortho intramolecular Hbond substituents is 2. The molecule has 0 saturated heterocycles. The highest BCUT2D eigenvalue weighted by atomic mass is 16.6. The number of rotatable bonds is 7. The second kappa shape index (κ2) is 8.26. The molecule has 7 nitrogen and oxygen atoms in total. The van der Waals surface area contributed by atoms with Crippen LogP contribution in [0.4, 0.5) is 0 Å². The Morgan fingerprint density at radius 3 is 2.25 bits per heavy atom. The summed E-state index contributed by atoms with van der Waals surface area (Å²) in [6.45, 7) is 6.73. The first-order valence-electron chi connectivity index (χ1n) is 8.95. The van der Waals surface area contributed by atoms with Gasteiger partial charge in [0.15, 0.2) is 17.9 Å². The molecule has 0 radical (unpaired) electrons. The number of carbonyl (C=O) groups is 2. The van der Waals surface area contributed by atoms with Crippen LogP contribution in [0.2, 0.25) is 0 Å². The Hall–Kier alpha value is -2.48. The van der Waals surface area contributed by atoms with Crippen molar-refractivity contribution in [3.63, 3.8) is 0 Å². The quantitative estimate of drug-likeness (QED) is 0.320. The fourth-order valence-corrected chi connectivity index (χ4v) is 2.99. The molecule has 0 aliphatic heterocycles. The molecule has 0 heterocycles. The predicted molar refractivity (Wildman–Crippen MR) is 102 cm³/mol. The number of aromatic hydroxyl groups is 2. The summed E-state index contributed by atoms with van der Waals surface area (Å²) in [5.41, 5.74) is -0.831. The van der Waals surface area contributed by atoms with Crippen LogP contribution in [0.15, 0.2) is 35.4 Å². The minimum absolute atomic E-state index is 0.0364. The monoisotopic (exact) mass is 390 g/mol. The molecule has 1 aromatic rings. The molecule has 0 amide bonds. The van der Waals surface area contributed by atoms with Gasteiger partial charge in [-0.3, -0.25) is 9.59 Å². The molecule has 0 aromatic heterocycles. The molecule has 2 atom stereocenters. The summed E-state index contributed by atoms with van der Waals surface area (Å²) in [6, 6.07) is 2.28. The molecule has 152 valence electrons. The smallest absolute Gasteiger partial charge is 0.196 e. The van der Waals surface area contributed by atoms with Crippen molar-refractivity contribution in [2.24, 2.45) is 0 Å². The van der Waals surface area contributed by atoms with Gasteiger partial charge in [-0.1, -0.05) is 11.6 Å². The third-order valence-corrected chi connectivity index (χ3v) is 4.27. The van der Waals surface area contributed by atoms with E-state index in [9.17, 15) is 30.0 Å². The maximum absolute atomic E-state index is 13.0. The van der Waals surface area contributed by atoms with Crippen LogP contribution in [0.3, 0.4) is 0 Å². The number of Topliss-reactive ketones (excluding diaryl/α,β-unsaturated/α-hetero) is 1. The Morgan fingerprint density at radius 2 is 1.71 bits per heavy atom. The number of hydrogen-bond donors (Lipinski definition) is 4. The highest BCUT2D eigenvalue weighted by Gasteiger charge is 2.35. The van der Waals surface area contributed by atoms with Crippen molar-refractivity contribution in [2.75, 3.05) is 0 Å². The van der Waals surface area contributed by atoms with Gasteiger partial charge in [-0.15, -0.1) is 0 Å². The van der Waals surface area contributed by atoms with E-state index in [0.717, 1.165) is 23.8 Å². The molecule has 2 rings (SSSR count). The lowest BCUT2D eigenvalue weighted by molar-refractivity contribution is -0.152. The summed E-state index contributed by atoms with van der Waals surface area (Å²) in [7, 11) is 0. The molecule has 1 aliphatic rings. The summed E-state index contributed by atoms with van der Waals surface area (Å²) in [6.07, 6.45) is 0.598. The lowest BCUT2D eigenvalue weighted by Crippen LogP contribution is -2.34. The third-order valence-electron chi connectivity index (χ3n) is 4.27.